The third-order valence-electron chi connectivity index (χ3n) is 7.64. The fraction of sp³-hybridized carbons (Fsp3) is 0.333. The Morgan fingerprint density at radius 3 is 2.33 bits per heavy atom. The molecule has 6 heteroatoms. The maximum atomic E-state index is 13.2. The predicted octanol–water partition coefficient (Wildman–Crippen LogP) is 7.08. The summed E-state index contributed by atoms with van der Waals surface area (Å²) in [6.45, 7) is 14.7. The SMILES string of the molecule is Cc1ccc(OC(C)C(=O)O)cc1Cn1c(C)c(C)c2cc(C(=O)NC(C)c3cccc(C(C)C)c3)ccc21. The number of rotatable bonds is 9. The minimum absolute atomic E-state index is 0.0996. The number of carboxylic acids is 1. The summed E-state index contributed by atoms with van der Waals surface area (Å²) in [4.78, 5) is 24.5. The number of aliphatic carboxylic acids is 1. The summed E-state index contributed by atoms with van der Waals surface area (Å²) in [6.07, 6.45) is -0.927. The number of nitrogens with one attached hydrogen (secondary N) is 1. The zero-order valence-electron chi connectivity index (χ0n) is 23.8. The molecule has 2 atom stereocenters. The standard InChI is InChI=1S/C33H38N2O4/c1-19(2)25-9-8-10-26(15-25)22(5)34-32(36)27-12-14-31-30(17-27)21(4)23(6)35(31)18-28-16-29(13-11-20(28)3)39-24(7)33(37)38/h8-17,19,22,24H,18H2,1-7H3,(H,34,36)(H,37,38). The van der Waals surface area contributed by atoms with Gasteiger partial charge in [-0.15, -0.1) is 0 Å². The number of hydrogen-bond acceptors (Lipinski definition) is 3. The number of carbonyl (C=O) groups excluding carboxylic acids is 1. The Kier molecular flexibility index (Phi) is 8.14. The maximum absolute atomic E-state index is 13.2. The first-order chi connectivity index (χ1) is 18.5. The van der Waals surface area contributed by atoms with Crippen LogP contribution in [-0.4, -0.2) is 27.7 Å². The molecule has 3 aromatic carbocycles. The number of ether oxygens (including phenoxy) is 1. The molecule has 0 saturated carbocycles. The van der Waals surface area contributed by atoms with Crippen LogP contribution in [0.25, 0.3) is 10.9 Å². The van der Waals surface area contributed by atoms with E-state index >= 15 is 0 Å². The van der Waals surface area contributed by atoms with Crippen LogP contribution in [0.1, 0.15) is 83.5 Å². The number of benzene rings is 3. The van der Waals surface area contributed by atoms with Crippen LogP contribution in [0, 0.1) is 20.8 Å². The van der Waals surface area contributed by atoms with Crippen LogP contribution in [0.2, 0.25) is 0 Å². The molecule has 4 aromatic rings. The second-order valence-electron chi connectivity index (χ2n) is 10.7. The highest BCUT2D eigenvalue weighted by Crippen LogP contribution is 2.29. The number of aromatic nitrogens is 1. The smallest absolute Gasteiger partial charge is 0.344 e. The van der Waals surface area contributed by atoms with Crippen molar-refractivity contribution in [1.29, 1.82) is 0 Å². The van der Waals surface area contributed by atoms with E-state index in [-0.39, 0.29) is 11.9 Å². The first-order valence-electron chi connectivity index (χ1n) is 13.5. The van der Waals surface area contributed by atoms with Crippen molar-refractivity contribution < 1.29 is 19.4 Å². The molecule has 0 bridgehead atoms. The summed E-state index contributed by atoms with van der Waals surface area (Å²) >= 11 is 0. The average molecular weight is 527 g/mol. The Balaban J connectivity index is 1.59. The van der Waals surface area contributed by atoms with Gasteiger partial charge in [-0.1, -0.05) is 44.2 Å². The molecule has 0 saturated heterocycles. The van der Waals surface area contributed by atoms with Gasteiger partial charge in [0.1, 0.15) is 5.75 Å². The fourth-order valence-corrected chi connectivity index (χ4v) is 4.86. The second-order valence-corrected chi connectivity index (χ2v) is 10.7. The number of nitrogens with zero attached hydrogens (tertiary/aromatic N) is 1. The highest BCUT2D eigenvalue weighted by molar-refractivity contribution is 5.99. The summed E-state index contributed by atoms with van der Waals surface area (Å²) in [6, 6.07) is 19.8. The van der Waals surface area contributed by atoms with Gasteiger partial charge in [0.05, 0.1) is 6.04 Å². The van der Waals surface area contributed by atoms with E-state index in [9.17, 15) is 14.7 Å². The molecule has 204 valence electrons. The molecular formula is C33H38N2O4. The van der Waals surface area contributed by atoms with Gasteiger partial charge in [-0.05, 0) is 98.7 Å². The summed E-state index contributed by atoms with van der Waals surface area (Å²) in [5, 5.41) is 13.4. The van der Waals surface area contributed by atoms with Gasteiger partial charge in [0.25, 0.3) is 5.91 Å². The van der Waals surface area contributed by atoms with E-state index in [0.29, 0.717) is 23.8 Å². The Morgan fingerprint density at radius 2 is 1.64 bits per heavy atom. The molecule has 1 aromatic heterocycles. The van der Waals surface area contributed by atoms with Crippen molar-refractivity contribution in [2.75, 3.05) is 0 Å². The average Bonchev–Trinajstić information content (AvgIpc) is 3.14. The van der Waals surface area contributed by atoms with Crippen molar-refractivity contribution in [2.45, 2.75) is 73.1 Å². The first kappa shape index (κ1) is 28.0. The second kappa shape index (κ2) is 11.4. The van der Waals surface area contributed by atoms with Gasteiger partial charge >= 0.3 is 5.97 Å². The molecule has 0 spiro atoms. The number of carbonyl (C=O) groups is 2. The van der Waals surface area contributed by atoms with Crippen LogP contribution in [-0.2, 0) is 11.3 Å². The minimum Gasteiger partial charge on any atom is -0.479 e. The lowest BCUT2D eigenvalue weighted by Crippen LogP contribution is -2.26. The van der Waals surface area contributed by atoms with Gasteiger partial charge in [-0.25, -0.2) is 4.79 Å². The van der Waals surface area contributed by atoms with Crippen LogP contribution in [0.15, 0.2) is 60.7 Å². The van der Waals surface area contributed by atoms with Gasteiger partial charge < -0.3 is 19.7 Å². The zero-order chi connectivity index (χ0) is 28.4. The lowest BCUT2D eigenvalue weighted by Gasteiger charge is -2.17. The number of carboxylic acid groups (broad SMARTS) is 1. The Hall–Kier alpha value is -4.06. The lowest BCUT2D eigenvalue weighted by atomic mass is 9.98. The number of amides is 1. The highest BCUT2D eigenvalue weighted by Gasteiger charge is 2.18. The van der Waals surface area contributed by atoms with Crippen molar-refractivity contribution in [3.05, 3.63) is 99.7 Å². The maximum Gasteiger partial charge on any atom is 0.344 e. The Morgan fingerprint density at radius 1 is 0.923 bits per heavy atom. The monoisotopic (exact) mass is 526 g/mol. The molecule has 0 aliphatic heterocycles. The van der Waals surface area contributed by atoms with Crippen molar-refractivity contribution in [1.82, 2.24) is 9.88 Å². The Labute approximate surface area is 230 Å². The third-order valence-corrected chi connectivity index (χ3v) is 7.64. The predicted molar refractivity (Wildman–Crippen MR) is 156 cm³/mol. The molecule has 2 N–H and O–H groups in total. The summed E-state index contributed by atoms with van der Waals surface area (Å²) in [7, 11) is 0. The molecule has 2 unspecified atom stereocenters. The van der Waals surface area contributed by atoms with E-state index in [4.69, 9.17) is 4.74 Å². The van der Waals surface area contributed by atoms with Gasteiger partial charge in [-0.2, -0.15) is 0 Å². The van der Waals surface area contributed by atoms with E-state index in [1.807, 2.05) is 50.2 Å². The highest BCUT2D eigenvalue weighted by atomic mass is 16.5. The molecule has 0 aliphatic rings. The molecule has 39 heavy (non-hydrogen) atoms. The summed E-state index contributed by atoms with van der Waals surface area (Å²) in [5.74, 6) is -0.142. The van der Waals surface area contributed by atoms with Crippen molar-refractivity contribution in [3.63, 3.8) is 0 Å². The minimum atomic E-state index is -1.00. The third kappa shape index (κ3) is 6.00. The van der Waals surface area contributed by atoms with Gasteiger partial charge in [-0.3, -0.25) is 4.79 Å². The van der Waals surface area contributed by atoms with E-state index in [0.717, 1.165) is 38.9 Å². The van der Waals surface area contributed by atoms with E-state index < -0.39 is 12.1 Å². The van der Waals surface area contributed by atoms with Crippen LogP contribution in [0.5, 0.6) is 5.75 Å². The molecule has 1 heterocycles. The van der Waals surface area contributed by atoms with Crippen molar-refractivity contribution in [2.24, 2.45) is 0 Å². The van der Waals surface area contributed by atoms with Gasteiger partial charge in [0.15, 0.2) is 6.10 Å². The van der Waals surface area contributed by atoms with E-state index in [2.05, 4.69) is 55.8 Å². The topological polar surface area (TPSA) is 80.6 Å². The molecule has 0 radical (unpaired) electrons. The van der Waals surface area contributed by atoms with Gasteiger partial charge in [0.2, 0.25) is 0 Å². The largest absolute Gasteiger partial charge is 0.479 e. The first-order valence-corrected chi connectivity index (χ1v) is 13.5. The molecule has 0 aliphatic carbocycles. The molecule has 1 amide bonds. The quantitative estimate of drug-likeness (QED) is 0.244. The van der Waals surface area contributed by atoms with Crippen molar-refractivity contribution >= 4 is 22.8 Å². The normalized spacial score (nSPS) is 12.9. The van der Waals surface area contributed by atoms with E-state index in [1.165, 1.54) is 12.5 Å². The van der Waals surface area contributed by atoms with Crippen LogP contribution >= 0.6 is 0 Å². The van der Waals surface area contributed by atoms with E-state index in [1.54, 1.807) is 6.07 Å². The molecular weight excluding hydrogens is 488 g/mol. The lowest BCUT2D eigenvalue weighted by molar-refractivity contribution is -0.144. The molecule has 4 rings (SSSR count). The molecule has 0 fully saturated rings. The number of aryl methyl sites for hydroxylation is 2. The Bertz CT molecular complexity index is 1530. The number of hydrogen-bond donors (Lipinski definition) is 2. The molecule has 6 nitrogen and oxygen atoms in total. The fourth-order valence-electron chi connectivity index (χ4n) is 4.86. The number of fused-ring (bicyclic) bond motifs is 1. The van der Waals surface area contributed by atoms with Crippen LogP contribution in [0.3, 0.4) is 0 Å². The van der Waals surface area contributed by atoms with Gasteiger partial charge in [0, 0.05) is 28.7 Å². The summed E-state index contributed by atoms with van der Waals surface area (Å²) < 4.78 is 7.84. The van der Waals surface area contributed by atoms with Crippen LogP contribution in [0.4, 0.5) is 0 Å². The zero-order valence-corrected chi connectivity index (χ0v) is 23.8. The van der Waals surface area contributed by atoms with Crippen LogP contribution < -0.4 is 10.1 Å². The van der Waals surface area contributed by atoms with Crippen molar-refractivity contribution in [3.8, 4) is 5.75 Å². The summed E-state index contributed by atoms with van der Waals surface area (Å²) in [5.41, 5.74) is 8.40.